The van der Waals surface area contributed by atoms with Crippen LogP contribution in [0, 0.1) is 0 Å². The molecule has 58 valence electrons. The van der Waals surface area contributed by atoms with E-state index in [0.29, 0.717) is 12.0 Å². The van der Waals surface area contributed by atoms with Crippen LogP contribution in [0.5, 0.6) is 0 Å². The number of carbonyl (C=O) groups is 1. The third-order valence-electron chi connectivity index (χ3n) is 1.46. The Morgan fingerprint density at radius 3 is 2.73 bits per heavy atom. The molecule has 0 bridgehead atoms. The number of rotatable bonds is 2. The first kappa shape index (κ1) is 7.88. The minimum atomic E-state index is -0.0248. The average molecular weight is 150 g/mol. The molecule has 1 heterocycles. The van der Waals surface area contributed by atoms with Crippen molar-refractivity contribution in [1.29, 1.82) is 0 Å². The summed E-state index contributed by atoms with van der Waals surface area (Å²) < 4.78 is 0. The van der Waals surface area contributed by atoms with E-state index in [0.717, 1.165) is 5.56 Å². The van der Waals surface area contributed by atoms with Crippen molar-refractivity contribution in [3.63, 3.8) is 0 Å². The SMILES string of the molecule is C[C@H](N)c1ccc(C=O)nc1. The molecule has 11 heavy (non-hydrogen) atoms. The van der Waals surface area contributed by atoms with E-state index < -0.39 is 0 Å². The van der Waals surface area contributed by atoms with Gasteiger partial charge in [-0.25, -0.2) is 0 Å². The third-order valence-corrected chi connectivity index (χ3v) is 1.46. The summed E-state index contributed by atoms with van der Waals surface area (Å²) in [4.78, 5) is 14.1. The van der Waals surface area contributed by atoms with Crippen molar-refractivity contribution in [2.45, 2.75) is 13.0 Å². The maximum absolute atomic E-state index is 10.2. The zero-order valence-corrected chi connectivity index (χ0v) is 6.32. The summed E-state index contributed by atoms with van der Waals surface area (Å²) in [6.07, 6.45) is 2.33. The predicted molar refractivity (Wildman–Crippen MR) is 42.2 cm³/mol. The Bertz CT molecular complexity index is 241. The van der Waals surface area contributed by atoms with Gasteiger partial charge in [0.25, 0.3) is 0 Å². The Balaban J connectivity index is 2.91. The van der Waals surface area contributed by atoms with E-state index >= 15 is 0 Å². The Hall–Kier alpha value is -1.22. The number of hydrogen-bond acceptors (Lipinski definition) is 3. The molecular formula is C8H10N2O. The number of nitrogens with two attached hydrogens (primary N) is 1. The van der Waals surface area contributed by atoms with Crippen LogP contribution in [0.2, 0.25) is 0 Å². The number of aromatic nitrogens is 1. The van der Waals surface area contributed by atoms with E-state index in [-0.39, 0.29) is 6.04 Å². The summed E-state index contributed by atoms with van der Waals surface area (Å²) in [6, 6.07) is 3.44. The summed E-state index contributed by atoms with van der Waals surface area (Å²) in [5, 5.41) is 0. The van der Waals surface area contributed by atoms with Gasteiger partial charge in [0.2, 0.25) is 0 Å². The van der Waals surface area contributed by atoms with Crippen LogP contribution in [0.25, 0.3) is 0 Å². The van der Waals surface area contributed by atoms with Crippen molar-refractivity contribution >= 4 is 6.29 Å². The molecule has 2 N–H and O–H groups in total. The molecule has 3 heteroatoms. The van der Waals surface area contributed by atoms with Crippen LogP contribution < -0.4 is 5.73 Å². The summed E-state index contributed by atoms with van der Waals surface area (Å²) in [7, 11) is 0. The molecule has 1 aromatic rings. The molecule has 0 fully saturated rings. The Kier molecular flexibility index (Phi) is 2.33. The highest BCUT2D eigenvalue weighted by Gasteiger charge is 1.98. The quantitative estimate of drug-likeness (QED) is 0.637. The maximum Gasteiger partial charge on any atom is 0.168 e. The zero-order chi connectivity index (χ0) is 8.27. The predicted octanol–water partition coefficient (Wildman–Crippen LogP) is 0.914. The van der Waals surface area contributed by atoms with Gasteiger partial charge in [0.15, 0.2) is 6.29 Å². The first-order valence-electron chi connectivity index (χ1n) is 3.40. The Morgan fingerprint density at radius 2 is 2.36 bits per heavy atom. The second-order valence-corrected chi connectivity index (χ2v) is 2.42. The lowest BCUT2D eigenvalue weighted by atomic mass is 10.1. The second-order valence-electron chi connectivity index (χ2n) is 2.42. The highest BCUT2D eigenvalue weighted by atomic mass is 16.1. The van der Waals surface area contributed by atoms with Gasteiger partial charge in [0.1, 0.15) is 5.69 Å². The van der Waals surface area contributed by atoms with Gasteiger partial charge in [-0.2, -0.15) is 0 Å². The van der Waals surface area contributed by atoms with Gasteiger partial charge in [-0.15, -0.1) is 0 Å². The fourth-order valence-corrected chi connectivity index (χ4v) is 0.756. The van der Waals surface area contributed by atoms with Gasteiger partial charge in [0, 0.05) is 12.2 Å². The van der Waals surface area contributed by atoms with Crippen molar-refractivity contribution in [3.8, 4) is 0 Å². The minimum absolute atomic E-state index is 0.0248. The number of hydrogen-bond donors (Lipinski definition) is 1. The first-order chi connectivity index (χ1) is 5.24. The summed E-state index contributed by atoms with van der Waals surface area (Å²) in [6.45, 7) is 1.87. The average Bonchev–Trinajstić information content (AvgIpc) is 2.05. The lowest BCUT2D eigenvalue weighted by Crippen LogP contribution is -2.05. The molecule has 0 saturated carbocycles. The van der Waals surface area contributed by atoms with E-state index in [4.69, 9.17) is 5.73 Å². The first-order valence-corrected chi connectivity index (χ1v) is 3.40. The van der Waals surface area contributed by atoms with Gasteiger partial charge < -0.3 is 5.73 Å². The number of nitrogens with zero attached hydrogens (tertiary/aromatic N) is 1. The zero-order valence-electron chi connectivity index (χ0n) is 6.32. The Morgan fingerprint density at radius 1 is 1.64 bits per heavy atom. The highest BCUT2D eigenvalue weighted by molar-refractivity contribution is 5.71. The minimum Gasteiger partial charge on any atom is -0.324 e. The molecule has 3 nitrogen and oxygen atoms in total. The molecule has 0 aromatic carbocycles. The van der Waals surface area contributed by atoms with Crippen LogP contribution in [0.3, 0.4) is 0 Å². The van der Waals surface area contributed by atoms with Crippen LogP contribution in [0.4, 0.5) is 0 Å². The molecule has 0 amide bonds. The van der Waals surface area contributed by atoms with Crippen molar-refractivity contribution in [3.05, 3.63) is 29.6 Å². The lowest BCUT2D eigenvalue weighted by Gasteiger charge is -2.02. The van der Waals surface area contributed by atoms with Crippen LogP contribution in [-0.2, 0) is 0 Å². The molecule has 0 saturated heterocycles. The van der Waals surface area contributed by atoms with Crippen LogP contribution in [0.15, 0.2) is 18.3 Å². The van der Waals surface area contributed by atoms with E-state index in [1.807, 2.05) is 6.92 Å². The number of pyridine rings is 1. The second kappa shape index (κ2) is 3.25. The van der Waals surface area contributed by atoms with Gasteiger partial charge in [-0.1, -0.05) is 6.07 Å². The maximum atomic E-state index is 10.2. The van der Waals surface area contributed by atoms with E-state index in [9.17, 15) is 4.79 Å². The third kappa shape index (κ3) is 1.85. The lowest BCUT2D eigenvalue weighted by molar-refractivity contribution is 0.111. The van der Waals surface area contributed by atoms with E-state index in [1.165, 1.54) is 0 Å². The molecule has 1 aromatic heterocycles. The normalized spacial score (nSPS) is 12.5. The Labute approximate surface area is 65.2 Å². The molecule has 1 atom stereocenters. The molecule has 0 unspecified atom stereocenters. The van der Waals surface area contributed by atoms with Crippen molar-refractivity contribution in [1.82, 2.24) is 4.98 Å². The molecule has 1 rings (SSSR count). The molecule has 0 aliphatic carbocycles. The standard InChI is InChI=1S/C8H10N2O/c1-6(9)7-2-3-8(5-11)10-4-7/h2-6H,9H2,1H3/t6-/m0/s1. The van der Waals surface area contributed by atoms with E-state index in [1.54, 1.807) is 18.3 Å². The van der Waals surface area contributed by atoms with E-state index in [2.05, 4.69) is 4.98 Å². The van der Waals surface area contributed by atoms with Gasteiger partial charge in [-0.05, 0) is 18.6 Å². The topological polar surface area (TPSA) is 56.0 Å². The van der Waals surface area contributed by atoms with Gasteiger partial charge in [-0.3, -0.25) is 9.78 Å². The molecule has 0 aliphatic heterocycles. The fraction of sp³-hybridized carbons (Fsp3) is 0.250. The summed E-state index contributed by atoms with van der Waals surface area (Å²) in [5.74, 6) is 0. The van der Waals surface area contributed by atoms with Crippen molar-refractivity contribution in [2.75, 3.05) is 0 Å². The number of carbonyl (C=O) groups excluding carboxylic acids is 1. The van der Waals surface area contributed by atoms with Crippen LogP contribution >= 0.6 is 0 Å². The monoisotopic (exact) mass is 150 g/mol. The van der Waals surface area contributed by atoms with Crippen molar-refractivity contribution in [2.24, 2.45) is 5.73 Å². The van der Waals surface area contributed by atoms with Crippen LogP contribution in [-0.4, -0.2) is 11.3 Å². The van der Waals surface area contributed by atoms with Crippen LogP contribution in [0.1, 0.15) is 29.0 Å². The largest absolute Gasteiger partial charge is 0.324 e. The molecule has 0 spiro atoms. The molecular weight excluding hydrogens is 140 g/mol. The fourth-order valence-electron chi connectivity index (χ4n) is 0.756. The molecule has 0 aliphatic rings. The summed E-state index contributed by atoms with van der Waals surface area (Å²) in [5.41, 5.74) is 6.96. The van der Waals surface area contributed by atoms with Gasteiger partial charge in [0.05, 0.1) is 0 Å². The smallest absolute Gasteiger partial charge is 0.168 e. The molecule has 0 radical (unpaired) electrons. The van der Waals surface area contributed by atoms with Crippen molar-refractivity contribution < 1.29 is 4.79 Å². The highest BCUT2D eigenvalue weighted by Crippen LogP contribution is 2.06. The summed E-state index contributed by atoms with van der Waals surface area (Å²) >= 11 is 0. The van der Waals surface area contributed by atoms with Gasteiger partial charge >= 0.3 is 0 Å². The number of aldehydes is 1.